The summed E-state index contributed by atoms with van der Waals surface area (Å²) in [6, 6.07) is 7.54. The topological polar surface area (TPSA) is 89.8 Å². The first-order chi connectivity index (χ1) is 12.3. The van der Waals surface area contributed by atoms with Gasteiger partial charge < -0.3 is 5.32 Å². The number of tetrazole rings is 1. The molecule has 2 rings (SSSR count). The van der Waals surface area contributed by atoms with E-state index in [9.17, 15) is 9.59 Å². The monoisotopic (exact) mass is 375 g/mol. The average Bonchev–Trinajstić information content (AvgIpc) is 3.05. The van der Waals surface area contributed by atoms with Crippen LogP contribution in [0.25, 0.3) is 5.69 Å². The second kappa shape index (κ2) is 8.93. The SMILES string of the molecule is CC(=O)C(NC(=O)CSc1nnnn1-c1ccc(C(C)C)cc1)C(C)C. The van der Waals surface area contributed by atoms with Gasteiger partial charge in [-0.15, -0.1) is 5.10 Å². The molecule has 1 aromatic heterocycles. The number of amides is 1. The fourth-order valence-corrected chi connectivity index (χ4v) is 3.22. The lowest BCUT2D eigenvalue weighted by Crippen LogP contribution is -2.44. The van der Waals surface area contributed by atoms with E-state index in [2.05, 4.69) is 34.7 Å². The molecule has 0 saturated carbocycles. The van der Waals surface area contributed by atoms with Crippen molar-refractivity contribution < 1.29 is 9.59 Å². The maximum atomic E-state index is 12.2. The summed E-state index contributed by atoms with van der Waals surface area (Å²) in [5.41, 5.74) is 2.07. The molecule has 2 aromatic rings. The summed E-state index contributed by atoms with van der Waals surface area (Å²) in [4.78, 5) is 23.8. The molecule has 1 unspecified atom stereocenters. The van der Waals surface area contributed by atoms with Crippen LogP contribution in [0, 0.1) is 5.92 Å². The number of hydrogen-bond acceptors (Lipinski definition) is 6. The molecule has 1 N–H and O–H groups in total. The van der Waals surface area contributed by atoms with Crippen molar-refractivity contribution in [2.75, 3.05) is 5.75 Å². The van der Waals surface area contributed by atoms with E-state index in [1.165, 1.54) is 24.2 Å². The number of thioether (sulfide) groups is 1. The molecule has 0 saturated heterocycles. The van der Waals surface area contributed by atoms with Crippen molar-refractivity contribution in [3.05, 3.63) is 29.8 Å². The van der Waals surface area contributed by atoms with Gasteiger partial charge in [0.05, 0.1) is 17.5 Å². The molecule has 1 amide bonds. The predicted molar refractivity (Wildman–Crippen MR) is 101 cm³/mol. The third-order valence-corrected chi connectivity index (χ3v) is 4.92. The number of carbonyl (C=O) groups excluding carboxylic acids is 2. The van der Waals surface area contributed by atoms with Gasteiger partial charge in [-0.1, -0.05) is 51.6 Å². The Balaban J connectivity index is 2.02. The zero-order valence-electron chi connectivity index (χ0n) is 15.8. The second-order valence-electron chi connectivity index (χ2n) is 6.81. The molecule has 0 aliphatic rings. The van der Waals surface area contributed by atoms with Gasteiger partial charge in [-0.3, -0.25) is 9.59 Å². The van der Waals surface area contributed by atoms with Crippen LogP contribution in [0.5, 0.6) is 0 Å². The number of carbonyl (C=O) groups is 2. The Kier molecular flexibility index (Phi) is 6.90. The minimum Gasteiger partial charge on any atom is -0.345 e. The molecule has 0 radical (unpaired) electrons. The van der Waals surface area contributed by atoms with Crippen LogP contribution < -0.4 is 5.32 Å². The van der Waals surface area contributed by atoms with E-state index in [-0.39, 0.29) is 23.4 Å². The summed E-state index contributed by atoms with van der Waals surface area (Å²) in [5.74, 6) is 0.375. The first kappa shape index (κ1) is 20.1. The first-order valence-electron chi connectivity index (χ1n) is 8.61. The molecule has 8 heteroatoms. The summed E-state index contributed by atoms with van der Waals surface area (Å²) in [6.07, 6.45) is 0. The van der Waals surface area contributed by atoms with Gasteiger partial charge in [0, 0.05) is 0 Å². The van der Waals surface area contributed by atoms with Crippen molar-refractivity contribution >= 4 is 23.5 Å². The number of nitrogens with zero attached hydrogens (tertiary/aromatic N) is 4. The van der Waals surface area contributed by atoms with E-state index < -0.39 is 6.04 Å². The van der Waals surface area contributed by atoms with Gasteiger partial charge in [0.1, 0.15) is 0 Å². The van der Waals surface area contributed by atoms with Crippen molar-refractivity contribution in [2.24, 2.45) is 5.92 Å². The number of rotatable bonds is 8. The highest BCUT2D eigenvalue weighted by Crippen LogP contribution is 2.20. The van der Waals surface area contributed by atoms with Crippen molar-refractivity contribution in [3.8, 4) is 5.69 Å². The molecule has 0 aliphatic carbocycles. The van der Waals surface area contributed by atoms with Crippen LogP contribution in [0.2, 0.25) is 0 Å². The number of Topliss-reactive ketones (excluding diaryl/α,β-unsaturated/α-hetero) is 1. The lowest BCUT2D eigenvalue weighted by atomic mass is 10.0. The number of hydrogen-bond donors (Lipinski definition) is 1. The number of aromatic nitrogens is 4. The first-order valence-corrected chi connectivity index (χ1v) is 9.59. The van der Waals surface area contributed by atoms with Crippen molar-refractivity contribution in [2.45, 2.75) is 51.7 Å². The fraction of sp³-hybridized carbons (Fsp3) is 0.500. The predicted octanol–water partition coefficient (Wildman–Crippen LogP) is 2.61. The number of ketones is 1. The summed E-state index contributed by atoms with van der Waals surface area (Å²) < 4.78 is 1.60. The van der Waals surface area contributed by atoms with E-state index in [0.29, 0.717) is 11.1 Å². The molecule has 0 aliphatic heterocycles. The standard InChI is InChI=1S/C18H25N5O2S/c1-11(2)14-6-8-15(9-7-14)23-18(20-21-22-23)26-10-16(25)19-17(12(3)4)13(5)24/h6-9,11-12,17H,10H2,1-5H3,(H,19,25). The third kappa shape index (κ3) is 5.14. The minimum atomic E-state index is -0.470. The molecular weight excluding hydrogens is 350 g/mol. The zero-order chi connectivity index (χ0) is 19.3. The Hall–Kier alpha value is -2.22. The van der Waals surface area contributed by atoms with E-state index in [1.807, 2.05) is 38.1 Å². The Morgan fingerprint density at radius 2 is 1.81 bits per heavy atom. The van der Waals surface area contributed by atoms with Crippen LogP contribution in [0.1, 0.15) is 46.1 Å². The lowest BCUT2D eigenvalue weighted by molar-refractivity contribution is -0.126. The molecular formula is C18H25N5O2S. The molecule has 140 valence electrons. The van der Waals surface area contributed by atoms with E-state index in [0.717, 1.165) is 5.69 Å². The van der Waals surface area contributed by atoms with Gasteiger partial charge in [0.25, 0.3) is 0 Å². The molecule has 0 spiro atoms. The van der Waals surface area contributed by atoms with E-state index in [4.69, 9.17) is 0 Å². The summed E-state index contributed by atoms with van der Waals surface area (Å²) in [5, 5.41) is 15.0. The maximum absolute atomic E-state index is 12.2. The van der Waals surface area contributed by atoms with E-state index >= 15 is 0 Å². The van der Waals surface area contributed by atoms with Gasteiger partial charge >= 0.3 is 0 Å². The Morgan fingerprint density at radius 3 is 2.35 bits per heavy atom. The van der Waals surface area contributed by atoms with Gasteiger partial charge in [0.2, 0.25) is 11.1 Å². The smallest absolute Gasteiger partial charge is 0.231 e. The molecule has 1 heterocycles. The summed E-state index contributed by atoms with van der Waals surface area (Å²) in [6.45, 7) is 9.57. The molecule has 1 atom stereocenters. The molecule has 26 heavy (non-hydrogen) atoms. The normalized spacial score (nSPS) is 12.4. The molecule has 0 fully saturated rings. The molecule has 0 bridgehead atoms. The Labute approximate surface area is 157 Å². The average molecular weight is 375 g/mol. The lowest BCUT2D eigenvalue weighted by Gasteiger charge is -2.19. The summed E-state index contributed by atoms with van der Waals surface area (Å²) >= 11 is 1.24. The van der Waals surface area contributed by atoms with Crippen molar-refractivity contribution in [1.29, 1.82) is 0 Å². The van der Waals surface area contributed by atoms with Crippen LogP contribution in [0.4, 0.5) is 0 Å². The van der Waals surface area contributed by atoms with E-state index in [1.54, 1.807) is 4.68 Å². The van der Waals surface area contributed by atoms with Crippen molar-refractivity contribution in [3.63, 3.8) is 0 Å². The van der Waals surface area contributed by atoms with Gasteiger partial charge in [-0.05, 0) is 46.9 Å². The Morgan fingerprint density at radius 1 is 1.15 bits per heavy atom. The highest BCUT2D eigenvalue weighted by molar-refractivity contribution is 7.99. The Bertz CT molecular complexity index is 755. The van der Waals surface area contributed by atoms with Crippen LogP contribution in [0.3, 0.4) is 0 Å². The van der Waals surface area contributed by atoms with Gasteiger partial charge in [0.15, 0.2) is 5.78 Å². The third-order valence-electron chi connectivity index (χ3n) is 4.00. The minimum absolute atomic E-state index is 0.0474. The van der Waals surface area contributed by atoms with Crippen LogP contribution >= 0.6 is 11.8 Å². The van der Waals surface area contributed by atoms with Gasteiger partial charge in [-0.25, -0.2) is 0 Å². The van der Waals surface area contributed by atoms with Gasteiger partial charge in [-0.2, -0.15) is 4.68 Å². The van der Waals surface area contributed by atoms with Crippen LogP contribution in [-0.4, -0.2) is 43.7 Å². The molecule has 1 aromatic carbocycles. The van der Waals surface area contributed by atoms with Crippen LogP contribution in [-0.2, 0) is 9.59 Å². The summed E-state index contributed by atoms with van der Waals surface area (Å²) in [7, 11) is 0. The molecule has 7 nitrogen and oxygen atoms in total. The highest BCUT2D eigenvalue weighted by atomic mass is 32.2. The highest BCUT2D eigenvalue weighted by Gasteiger charge is 2.21. The van der Waals surface area contributed by atoms with Crippen LogP contribution in [0.15, 0.2) is 29.4 Å². The quantitative estimate of drug-likeness (QED) is 0.713. The zero-order valence-corrected chi connectivity index (χ0v) is 16.6. The largest absolute Gasteiger partial charge is 0.345 e. The number of benzene rings is 1. The fourth-order valence-electron chi connectivity index (χ4n) is 2.51. The maximum Gasteiger partial charge on any atom is 0.231 e. The van der Waals surface area contributed by atoms with Crippen molar-refractivity contribution in [1.82, 2.24) is 25.5 Å². The number of nitrogens with one attached hydrogen (secondary N) is 1. The second-order valence-corrected chi connectivity index (χ2v) is 7.75.